The number of amides is 3. The summed E-state index contributed by atoms with van der Waals surface area (Å²) in [6.45, 7) is -0.0309. The van der Waals surface area contributed by atoms with Gasteiger partial charge in [-0.05, 0) is 42.7 Å². The number of ether oxygens (including phenoxy) is 1. The second-order valence-corrected chi connectivity index (χ2v) is 11.7. The van der Waals surface area contributed by atoms with E-state index in [2.05, 4.69) is 10.8 Å². The number of urea groups is 1. The zero-order valence-corrected chi connectivity index (χ0v) is 21.6. The normalized spacial score (nSPS) is 21.0. The molecule has 0 radical (unpaired) electrons. The fourth-order valence-corrected chi connectivity index (χ4v) is 7.08. The molecule has 14 heteroatoms. The van der Waals surface area contributed by atoms with Crippen molar-refractivity contribution in [2.24, 2.45) is 0 Å². The number of benzene rings is 1. The number of nitrogens with one attached hydrogen (secondary N) is 2. The van der Waals surface area contributed by atoms with Crippen molar-refractivity contribution in [3.63, 3.8) is 0 Å². The number of hydrogen-bond donors (Lipinski definition) is 3. The number of piperazine rings is 1. The summed E-state index contributed by atoms with van der Waals surface area (Å²) >= 11 is 1.00. The molecule has 1 aromatic heterocycles. The van der Waals surface area contributed by atoms with Gasteiger partial charge in [-0.25, -0.2) is 27.9 Å². The minimum atomic E-state index is -4.13. The van der Waals surface area contributed by atoms with Gasteiger partial charge >= 0.3 is 6.03 Å². The number of halogens is 1. The molecule has 3 heterocycles. The Balaban J connectivity index is 1.54. The van der Waals surface area contributed by atoms with E-state index in [-0.39, 0.29) is 37.0 Å². The first-order valence-corrected chi connectivity index (χ1v) is 14.1. The van der Waals surface area contributed by atoms with Crippen LogP contribution in [0.15, 0.2) is 40.6 Å². The number of thiophene rings is 1. The van der Waals surface area contributed by atoms with Gasteiger partial charge in [0.25, 0.3) is 15.9 Å². The zero-order chi connectivity index (χ0) is 26.4. The third kappa shape index (κ3) is 6.64. The Morgan fingerprint density at radius 3 is 2.65 bits per heavy atom. The summed E-state index contributed by atoms with van der Waals surface area (Å²) in [7, 11) is -4.13. The molecule has 2 fully saturated rings. The molecule has 202 valence electrons. The summed E-state index contributed by atoms with van der Waals surface area (Å²) in [6.07, 6.45) is 1.72. The first kappa shape index (κ1) is 27.4. The van der Waals surface area contributed by atoms with E-state index in [0.29, 0.717) is 23.5 Å². The van der Waals surface area contributed by atoms with Crippen LogP contribution in [0, 0.1) is 5.82 Å². The maximum atomic E-state index is 13.6. The third-order valence-electron chi connectivity index (χ3n) is 6.01. The van der Waals surface area contributed by atoms with Crippen LogP contribution in [-0.2, 0) is 24.4 Å². The van der Waals surface area contributed by atoms with Gasteiger partial charge in [0, 0.05) is 44.1 Å². The van der Waals surface area contributed by atoms with Crippen LogP contribution in [0.25, 0.3) is 10.4 Å². The largest absolute Gasteiger partial charge is 0.395 e. The number of carbonyl (C=O) groups excluding carboxylic acids is 2. The lowest BCUT2D eigenvalue weighted by Gasteiger charge is -2.39. The molecule has 4 rings (SSSR count). The first-order valence-electron chi connectivity index (χ1n) is 11.9. The highest BCUT2D eigenvalue weighted by Gasteiger charge is 2.42. The summed E-state index contributed by atoms with van der Waals surface area (Å²) < 4.78 is 47.1. The summed E-state index contributed by atoms with van der Waals surface area (Å²) in [4.78, 5) is 32.9. The molecule has 1 aromatic carbocycles. The molecule has 3 amide bonds. The zero-order valence-electron chi connectivity index (χ0n) is 20.0. The van der Waals surface area contributed by atoms with Crippen molar-refractivity contribution >= 4 is 33.3 Å². The molecule has 0 saturated carbocycles. The molecular weight excluding hydrogens is 527 g/mol. The van der Waals surface area contributed by atoms with E-state index in [0.717, 1.165) is 28.5 Å². The number of nitrogens with zero attached hydrogens (tertiary/aromatic N) is 2. The molecule has 2 saturated heterocycles. The number of hydrogen-bond acceptors (Lipinski definition) is 8. The first-order chi connectivity index (χ1) is 17.8. The summed E-state index contributed by atoms with van der Waals surface area (Å²) in [5.41, 5.74) is 2.97. The van der Waals surface area contributed by atoms with Crippen LogP contribution in [0.5, 0.6) is 0 Å². The van der Waals surface area contributed by atoms with Crippen LogP contribution in [-0.4, -0.2) is 86.4 Å². The van der Waals surface area contributed by atoms with Crippen LogP contribution >= 0.6 is 11.3 Å². The summed E-state index contributed by atoms with van der Waals surface area (Å²) in [5, 5.41) is 11.5. The fraction of sp³-hybridized carbons (Fsp3) is 0.478. The van der Waals surface area contributed by atoms with Crippen LogP contribution in [0.3, 0.4) is 0 Å². The highest BCUT2D eigenvalue weighted by atomic mass is 32.2. The molecule has 11 nitrogen and oxygen atoms in total. The molecule has 37 heavy (non-hydrogen) atoms. The average Bonchev–Trinajstić information content (AvgIpc) is 3.42. The number of carbonyl (C=O) groups is 2. The predicted octanol–water partition coefficient (Wildman–Crippen LogP) is 1.51. The average molecular weight is 557 g/mol. The SMILES string of the molecule is O=C(NOC1CCCCO1)C1CN(C(=O)NCCO)CCN1S(=O)(=O)c1ccc(-c2ccc(F)cc2)s1. The van der Waals surface area contributed by atoms with Gasteiger partial charge in [0.05, 0.1) is 6.61 Å². The highest BCUT2D eigenvalue weighted by Crippen LogP contribution is 2.33. The Hall–Kier alpha value is -2.62. The van der Waals surface area contributed by atoms with Crippen molar-refractivity contribution in [1.29, 1.82) is 0 Å². The van der Waals surface area contributed by atoms with Gasteiger partial charge in [0.2, 0.25) is 0 Å². The lowest BCUT2D eigenvalue weighted by Crippen LogP contribution is -2.62. The molecule has 2 atom stereocenters. The predicted molar refractivity (Wildman–Crippen MR) is 132 cm³/mol. The second-order valence-electron chi connectivity index (χ2n) is 8.54. The van der Waals surface area contributed by atoms with Crippen molar-refractivity contribution in [2.45, 2.75) is 35.8 Å². The molecule has 0 bridgehead atoms. The van der Waals surface area contributed by atoms with Crippen LogP contribution < -0.4 is 10.8 Å². The number of hydroxylamine groups is 1. The van der Waals surface area contributed by atoms with Crippen molar-refractivity contribution in [1.82, 2.24) is 20.0 Å². The number of aliphatic hydroxyl groups is 1. The molecule has 0 aliphatic carbocycles. The minimum absolute atomic E-state index is 0.0133. The molecular formula is C23H29FN4O7S2. The van der Waals surface area contributed by atoms with Gasteiger partial charge < -0.3 is 20.1 Å². The monoisotopic (exact) mass is 556 g/mol. The Morgan fingerprint density at radius 1 is 1.16 bits per heavy atom. The van der Waals surface area contributed by atoms with Gasteiger partial charge in [0.15, 0.2) is 6.29 Å². The van der Waals surface area contributed by atoms with E-state index in [9.17, 15) is 22.4 Å². The van der Waals surface area contributed by atoms with Gasteiger partial charge in [-0.2, -0.15) is 4.31 Å². The molecule has 0 spiro atoms. The van der Waals surface area contributed by atoms with Crippen molar-refractivity contribution in [2.75, 3.05) is 39.4 Å². The van der Waals surface area contributed by atoms with Gasteiger partial charge in [-0.15, -0.1) is 11.3 Å². The molecule has 2 unspecified atom stereocenters. The molecule has 2 aliphatic rings. The van der Waals surface area contributed by atoms with E-state index in [4.69, 9.17) is 14.7 Å². The van der Waals surface area contributed by atoms with Gasteiger partial charge in [0.1, 0.15) is 16.1 Å². The van der Waals surface area contributed by atoms with E-state index in [1.807, 2.05) is 0 Å². The van der Waals surface area contributed by atoms with Gasteiger partial charge in [-0.1, -0.05) is 12.1 Å². The molecule has 2 aliphatic heterocycles. The van der Waals surface area contributed by atoms with Gasteiger partial charge in [-0.3, -0.25) is 4.79 Å². The topological polar surface area (TPSA) is 138 Å². The maximum absolute atomic E-state index is 13.6. The van der Waals surface area contributed by atoms with Crippen LogP contribution in [0.1, 0.15) is 19.3 Å². The minimum Gasteiger partial charge on any atom is -0.395 e. The summed E-state index contributed by atoms with van der Waals surface area (Å²) in [6, 6.07) is 6.99. The van der Waals surface area contributed by atoms with Crippen molar-refractivity contribution in [3.05, 3.63) is 42.2 Å². The Bertz CT molecular complexity index is 1190. The Labute approximate surface area is 218 Å². The quantitative estimate of drug-likeness (QED) is 0.419. The number of aliphatic hydroxyl groups excluding tert-OH is 1. The highest BCUT2D eigenvalue weighted by molar-refractivity contribution is 7.91. The second kappa shape index (κ2) is 12.3. The Morgan fingerprint density at radius 2 is 1.95 bits per heavy atom. The number of sulfonamides is 1. The van der Waals surface area contributed by atoms with Crippen LogP contribution in [0.4, 0.5) is 9.18 Å². The number of rotatable bonds is 8. The maximum Gasteiger partial charge on any atom is 0.317 e. The Kier molecular flexibility index (Phi) is 9.10. The molecule has 2 aromatic rings. The summed E-state index contributed by atoms with van der Waals surface area (Å²) in [5.74, 6) is -1.13. The van der Waals surface area contributed by atoms with E-state index in [1.165, 1.54) is 23.1 Å². The lowest BCUT2D eigenvalue weighted by atomic mass is 10.2. The van der Waals surface area contributed by atoms with Crippen LogP contribution in [0.2, 0.25) is 0 Å². The smallest absolute Gasteiger partial charge is 0.317 e. The van der Waals surface area contributed by atoms with E-state index < -0.39 is 40.1 Å². The van der Waals surface area contributed by atoms with Crippen molar-refractivity contribution < 1.29 is 37.1 Å². The molecule has 3 N–H and O–H groups in total. The standard InChI is InChI=1S/C23H29FN4O7S2/c24-17-6-4-16(5-7-17)19-8-9-21(36-19)37(32,33)28-12-11-27(23(31)25-10-13-29)15-18(28)22(30)26-35-20-3-1-2-14-34-20/h4-9,18,20,29H,1-3,10-15H2,(H,25,31)(H,26,30). The third-order valence-corrected chi connectivity index (χ3v) is 9.52. The lowest BCUT2D eigenvalue weighted by molar-refractivity contribution is -0.202. The van der Waals surface area contributed by atoms with E-state index >= 15 is 0 Å². The van der Waals surface area contributed by atoms with E-state index in [1.54, 1.807) is 18.2 Å². The van der Waals surface area contributed by atoms with Crippen molar-refractivity contribution in [3.8, 4) is 10.4 Å². The fourth-order valence-electron chi connectivity index (χ4n) is 4.07.